The Hall–Kier alpha value is -3.57. The minimum Gasteiger partial charge on any atom is -0.477 e. The lowest BCUT2D eigenvalue weighted by Gasteiger charge is -2.07. The number of aromatic carboxylic acids is 1. The third-order valence-electron chi connectivity index (χ3n) is 3.95. The highest BCUT2D eigenvalue weighted by atomic mass is 19.4. The van der Waals surface area contributed by atoms with Gasteiger partial charge in [0.25, 0.3) is 0 Å². The number of rotatable bonds is 3. The molecule has 0 saturated heterocycles. The van der Waals surface area contributed by atoms with Crippen LogP contribution in [0.25, 0.3) is 27.9 Å². The van der Waals surface area contributed by atoms with Crippen LogP contribution in [0.3, 0.4) is 0 Å². The molecule has 0 bridgehead atoms. The molecule has 0 saturated carbocycles. The standard InChI is InChI=1S/C16H8F5N5O2/c17-7-1-9(18)14-23-4-12(25(14)5-7)13-8-3-22-10(15(27)28)2-11(8)26(24-13)6-16(19,20)21/h1-5H,6H2,(H,27,28). The highest BCUT2D eigenvalue weighted by Crippen LogP contribution is 2.31. The summed E-state index contributed by atoms with van der Waals surface area (Å²) in [6.07, 6.45) is -1.55. The Kier molecular flexibility index (Phi) is 3.80. The van der Waals surface area contributed by atoms with E-state index in [1.54, 1.807) is 0 Å². The van der Waals surface area contributed by atoms with Gasteiger partial charge in [0.1, 0.15) is 23.7 Å². The van der Waals surface area contributed by atoms with Crippen LogP contribution in [-0.4, -0.2) is 41.4 Å². The van der Waals surface area contributed by atoms with E-state index < -0.39 is 36.0 Å². The molecule has 4 heterocycles. The lowest BCUT2D eigenvalue weighted by atomic mass is 10.2. The van der Waals surface area contributed by atoms with Crippen molar-refractivity contribution in [1.29, 1.82) is 0 Å². The molecule has 0 aromatic carbocycles. The summed E-state index contributed by atoms with van der Waals surface area (Å²) < 4.78 is 67.9. The zero-order valence-electron chi connectivity index (χ0n) is 13.6. The Morgan fingerprint density at radius 1 is 1.14 bits per heavy atom. The summed E-state index contributed by atoms with van der Waals surface area (Å²) in [6, 6.07) is 1.57. The highest BCUT2D eigenvalue weighted by molar-refractivity contribution is 5.96. The zero-order valence-corrected chi connectivity index (χ0v) is 13.6. The van der Waals surface area contributed by atoms with Crippen molar-refractivity contribution in [3.05, 3.63) is 48.1 Å². The minimum atomic E-state index is -4.64. The van der Waals surface area contributed by atoms with E-state index in [4.69, 9.17) is 5.11 Å². The molecular formula is C16H8F5N5O2. The van der Waals surface area contributed by atoms with E-state index >= 15 is 0 Å². The maximum Gasteiger partial charge on any atom is 0.408 e. The van der Waals surface area contributed by atoms with Gasteiger partial charge in [-0.05, 0) is 6.07 Å². The number of carboxylic acids is 1. The average Bonchev–Trinajstić information content (AvgIpc) is 3.14. The van der Waals surface area contributed by atoms with Crippen LogP contribution in [0.5, 0.6) is 0 Å². The van der Waals surface area contributed by atoms with Crippen molar-refractivity contribution < 1.29 is 31.9 Å². The quantitative estimate of drug-likeness (QED) is 0.537. The van der Waals surface area contributed by atoms with E-state index in [0.717, 1.165) is 29.1 Å². The van der Waals surface area contributed by atoms with Crippen LogP contribution in [0.15, 0.2) is 30.7 Å². The molecular weight excluding hydrogens is 389 g/mol. The maximum atomic E-state index is 13.9. The third kappa shape index (κ3) is 2.92. The topological polar surface area (TPSA) is 85.3 Å². The number of pyridine rings is 2. The number of aromatic nitrogens is 5. The third-order valence-corrected chi connectivity index (χ3v) is 3.95. The number of imidazole rings is 1. The molecule has 28 heavy (non-hydrogen) atoms. The second-order valence-corrected chi connectivity index (χ2v) is 5.86. The summed E-state index contributed by atoms with van der Waals surface area (Å²) in [6.45, 7) is -1.49. The summed E-state index contributed by atoms with van der Waals surface area (Å²) in [5.74, 6) is -3.31. The average molecular weight is 397 g/mol. The van der Waals surface area contributed by atoms with Crippen LogP contribution >= 0.6 is 0 Å². The molecule has 1 N–H and O–H groups in total. The van der Waals surface area contributed by atoms with Crippen molar-refractivity contribution in [3.63, 3.8) is 0 Å². The number of halogens is 5. The van der Waals surface area contributed by atoms with Gasteiger partial charge in [0, 0.05) is 23.8 Å². The van der Waals surface area contributed by atoms with Gasteiger partial charge in [-0.2, -0.15) is 18.3 Å². The zero-order chi connectivity index (χ0) is 20.2. The fourth-order valence-electron chi connectivity index (χ4n) is 2.86. The first-order chi connectivity index (χ1) is 13.1. The fourth-order valence-corrected chi connectivity index (χ4v) is 2.86. The van der Waals surface area contributed by atoms with Crippen molar-refractivity contribution in [2.75, 3.05) is 0 Å². The van der Waals surface area contributed by atoms with Crippen LogP contribution in [0, 0.1) is 11.6 Å². The predicted molar refractivity (Wildman–Crippen MR) is 84.6 cm³/mol. The first-order valence-corrected chi connectivity index (χ1v) is 7.63. The van der Waals surface area contributed by atoms with Crippen molar-refractivity contribution in [2.45, 2.75) is 12.7 Å². The summed E-state index contributed by atoms with van der Waals surface area (Å²) in [7, 11) is 0. The van der Waals surface area contributed by atoms with Crippen LogP contribution in [0.1, 0.15) is 10.5 Å². The van der Waals surface area contributed by atoms with Gasteiger partial charge in [-0.3, -0.25) is 9.08 Å². The molecule has 0 atom stereocenters. The Morgan fingerprint density at radius 3 is 2.57 bits per heavy atom. The van der Waals surface area contributed by atoms with Crippen molar-refractivity contribution in [2.24, 2.45) is 0 Å². The predicted octanol–water partition coefficient (Wildman–Crippen LogP) is 3.28. The second kappa shape index (κ2) is 5.97. The van der Waals surface area contributed by atoms with Gasteiger partial charge in [0.2, 0.25) is 0 Å². The van der Waals surface area contributed by atoms with Gasteiger partial charge in [-0.15, -0.1) is 0 Å². The molecule has 0 amide bonds. The van der Waals surface area contributed by atoms with Crippen LogP contribution in [0.4, 0.5) is 22.0 Å². The van der Waals surface area contributed by atoms with E-state index in [2.05, 4.69) is 15.1 Å². The first kappa shape index (κ1) is 17.8. The molecule has 0 aliphatic rings. The monoisotopic (exact) mass is 397 g/mol. The van der Waals surface area contributed by atoms with Gasteiger partial charge in [-0.25, -0.2) is 23.5 Å². The Bertz CT molecular complexity index is 1240. The molecule has 0 unspecified atom stereocenters. The Labute approximate surface area is 151 Å². The van der Waals surface area contributed by atoms with E-state index in [1.165, 1.54) is 0 Å². The summed E-state index contributed by atoms with van der Waals surface area (Å²) in [5.41, 5.74) is -0.931. The summed E-state index contributed by atoms with van der Waals surface area (Å²) in [4.78, 5) is 18.6. The normalized spacial score (nSPS) is 12.2. The molecule has 0 aliphatic carbocycles. The summed E-state index contributed by atoms with van der Waals surface area (Å²) in [5, 5.41) is 13.0. The van der Waals surface area contributed by atoms with Crippen molar-refractivity contribution in [1.82, 2.24) is 24.1 Å². The number of alkyl halides is 3. The molecule has 12 heteroatoms. The van der Waals surface area contributed by atoms with Crippen LogP contribution in [-0.2, 0) is 6.54 Å². The Morgan fingerprint density at radius 2 is 1.89 bits per heavy atom. The van der Waals surface area contributed by atoms with Crippen LogP contribution in [0.2, 0.25) is 0 Å². The number of hydrogen-bond donors (Lipinski definition) is 1. The molecule has 0 fully saturated rings. The van der Waals surface area contributed by atoms with Gasteiger partial charge in [0.15, 0.2) is 11.5 Å². The van der Waals surface area contributed by atoms with E-state index in [0.29, 0.717) is 10.7 Å². The minimum absolute atomic E-state index is 0.0178. The lowest BCUT2D eigenvalue weighted by molar-refractivity contribution is -0.141. The molecule has 4 rings (SSSR count). The fraction of sp³-hybridized carbons (Fsp3) is 0.125. The van der Waals surface area contributed by atoms with Gasteiger partial charge < -0.3 is 5.11 Å². The van der Waals surface area contributed by atoms with Crippen molar-refractivity contribution in [3.8, 4) is 11.4 Å². The van der Waals surface area contributed by atoms with Gasteiger partial charge in [0.05, 0.1) is 17.4 Å². The Balaban J connectivity index is 2.01. The SMILES string of the molecule is O=C(O)c1cc2c(cn1)c(-c1cnc3c(F)cc(F)cn13)nn2CC(F)(F)F. The largest absolute Gasteiger partial charge is 0.477 e. The number of carbonyl (C=O) groups is 1. The maximum absolute atomic E-state index is 13.9. The van der Waals surface area contributed by atoms with E-state index in [1.807, 2.05) is 0 Å². The number of hydrogen-bond acceptors (Lipinski definition) is 4. The summed E-state index contributed by atoms with van der Waals surface area (Å²) >= 11 is 0. The van der Waals surface area contributed by atoms with Gasteiger partial charge >= 0.3 is 12.1 Å². The number of nitrogens with zero attached hydrogens (tertiary/aromatic N) is 5. The van der Waals surface area contributed by atoms with E-state index in [-0.39, 0.29) is 27.9 Å². The molecule has 7 nitrogen and oxygen atoms in total. The number of carboxylic acid groups (broad SMARTS) is 1. The molecule has 4 aromatic heterocycles. The van der Waals surface area contributed by atoms with E-state index in [9.17, 15) is 26.7 Å². The van der Waals surface area contributed by atoms with Gasteiger partial charge in [-0.1, -0.05) is 0 Å². The molecule has 0 radical (unpaired) electrons. The smallest absolute Gasteiger partial charge is 0.408 e. The highest BCUT2D eigenvalue weighted by Gasteiger charge is 2.31. The molecule has 0 spiro atoms. The lowest BCUT2D eigenvalue weighted by Crippen LogP contribution is -2.18. The van der Waals surface area contributed by atoms with Crippen LogP contribution < -0.4 is 0 Å². The second-order valence-electron chi connectivity index (χ2n) is 5.86. The molecule has 4 aromatic rings. The number of fused-ring (bicyclic) bond motifs is 2. The first-order valence-electron chi connectivity index (χ1n) is 7.63. The molecule has 0 aliphatic heterocycles. The van der Waals surface area contributed by atoms with Crippen molar-refractivity contribution >= 4 is 22.5 Å². The molecule has 144 valence electrons.